The number of ether oxygens (including phenoxy) is 1. The van der Waals surface area contributed by atoms with Crippen LogP contribution in [0.4, 0.5) is 11.4 Å². The van der Waals surface area contributed by atoms with Crippen molar-refractivity contribution in [3.8, 4) is 11.4 Å². The molecule has 10 nitrogen and oxygen atoms in total. The molecule has 1 aliphatic heterocycles. The largest absolute Gasteiger partial charge is 0.497 e. The summed E-state index contributed by atoms with van der Waals surface area (Å²) in [5.41, 5.74) is 5.35. The fraction of sp³-hybridized carbons (Fsp3) is 0.147. The third-order valence-corrected chi connectivity index (χ3v) is 8.77. The molecule has 5 aromatic rings. The highest BCUT2D eigenvalue weighted by molar-refractivity contribution is 7.07. The number of aryl methyl sites for hydroxylation is 1. The number of nitrogens with one attached hydrogen (secondary N) is 1. The van der Waals surface area contributed by atoms with Crippen molar-refractivity contribution in [2.24, 2.45) is 4.99 Å². The van der Waals surface area contributed by atoms with Gasteiger partial charge in [-0.25, -0.2) is 4.99 Å². The predicted octanol–water partition coefficient (Wildman–Crippen LogP) is 5.20. The summed E-state index contributed by atoms with van der Waals surface area (Å²) in [6.45, 7) is 5.66. The lowest BCUT2D eigenvalue weighted by Crippen LogP contribution is -2.40. The van der Waals surface area contributed by atoms with E-state index in [1.807, 2.05) is 73.0 Å². The predicted molar refractivity (Wildman–Crippen MR) is 174 cm³/mol. The van der Waals surface area contributed by atoms with E-state index in [1.165, 1.54) is 23.5 Å². The highest BCUT2D eigenvalue weighted by Gasteiger charge is 2.33. The maximum Gasteiger partial charge on any atom is 0.271 e. The first-order chi connectivity index (χ1) is 21.7. The van der Waals surface area contributed by atoms with Gasteiger partial charge >= 0.3 is 0 Å². The van der Waals surface area contributed by atoms with Crippen molar-refractivity contribution in [1.29, 1.82) is 0 Å². The molecule has 0 unspecified atom stereocenters. The zero-order valence-electron chi connectivity index (χ0n) is 25.0. The monoisotopic (exact) mass is 619 g/mol. The van der Waals surface area contributed by atoms with Crippen LogP contribution >= 0.6 is 11.3 Å². The maximum absolute atomic E-state index is 14.2. The number of para-hydroxylation sites is 1. The SMILES string of the molecule is COc1cccc([C@H]2C(C(=O)Nc3ccccc3)=C(C)N=c3s/c(=C\c4cc(C)n(-c5ccc([N+](=O)[O-])cc5)c4C)c(=O)n32)c1. The Hall–Kier alpha value is -5.55. The van der Waals surface area contributed by atoms with E-state index < -0.39 is 11.0 Å². The molecule has 11 heteroatoms. The van der Waals surface area contributed by atoms with Gasteiger partial charge in [-0.05, 0) is 80.4 Å². The summed E-state index contributed by atoms with van der Waals surface area (Å²) >= 11 is 1.26. The molecule has 1 N–H and O–H groups in total. The minimum absolute atomic E-state index is 0.0141. The number of nitro groups is 1. The maximum atomic E-state index is 14.2. The van der Waals surface area contributed by atoms with Gasteiger partial charge in [0.15, 0.2) is 4.80 Å². The number of carbonyl (C=O) groups excluding carboxylic acids is 1. The molecular weight excluding hydrogens is 590 g/mol. The van der Waals surface area contributed by atoms with E-state index in [-0.39, 0.29) is 17.2 Å². The number of rotatable bonds is 7. The number of non-ortho nitro benzene ring substituents is 1. The van der Waals surface area contributed by atoms with Crippen LogP contribution in [0, 0.1) is 24.0 Å². The molecule has 0 saturated heterocycles. The van der Waals surface area contributed by atoms with Crippen molar-refractivity contribution >= 4 is 34.7 Å². The van der Waals surface area contributed by atoms with Gasteiger partial charge in [0.1, 0.15) is 5.75 Å². The topological polar surface area (TPSA) is 121 Å². The number of thiazole rings is 1. The molecule has 1 amide bonds. The van der Waals surface area contributed by atoms with Crippen molar-refractivity contribution < 1.29 is 14.5 Å². The highest BCUT2D eigenvalue weighted by atomic mass is 32.1. The van der Waals surface area contributed by atoms with Crippen LogP contribution in [0.3, 0.4) is 0 Å². The Morgan fingerprint density at radius 3 is 2.44 bits per heavy atom. The number of fused-ring (bicyclic) bond motifs is 1. The number of amides is 1. The summed E-state index contributed by atoms with van der Waals surface area (Å²) in [6, 6.07) is 24.1. The van der Waals surface area contributed by atoms with Gasteiger partial charge in [0.05, 0.1) is 33.9 Å². The Kier molecular flexibility index (Phi) is 7.78. The molecule has 0 fully saturated rings. The van der Waals surface area contributed by atoms with Crippen molar-refractivity contribution in [2.45, 2.75) is 26.8 Å². The van der Waals surface area contributed by atoms with Gasteiger partial charge in [-0.2, -0.15) is 0 Å². The molecule has 2 aromatic heterocycles. The second-order valence-corrected chi connectivity index (χ2v) is 11.6. The first kappa shape index (κ1) is 29.5. The summed E-state index contributed by atoms with van der Waals surface area (Å²) in [4.78, 5) is 43.9. The van der Waals surface area contributed by atoms with Crippen LogP contribution < -0.4 is 24.9 Å². The number of hydrogen-bond donors (Lipinski definition) is 1. The van der Waals surface area contributed by atoms with Gasteiger partial charge in [0.25, 0.3) is 17.2 Å². The summed E-state index contributed by atoms with van der Waals surface area (Å²) in [7, 11) is 1.57. The van der Waals surface area contributed by atoms with Gasteiger partial charge < -0.3 is 14.6 Å². The number of carbonyl (C=O) groups is 1. The number of hydrogen-bond acceptors (Lipinski definition) is 7. The zero-order valence-corrected chi connectivity index (χ0v) is 25.8. The van der Waals surface area contributed by atoms with Crippen molar-refractivity contribution in [3.05, 3.63) is 149 Å². The summed E-state index contributed by atoms with van der Waals surface area (Å²) in [5, 5.41) is 14.1. The van der Waals surface area contributed by atoms with Crippen LogP contribution in [0.1, 0.15) is 35.5 Å². The number of aromatic nitrogens is 2. The summed E-state index contributed by atoms with van der Waals surface area (Å²) < 4.78 is 9.51. The fourth-order valence-corrected chi connectivity index (χ4v) is 6.69. The van der Waals surface area contributed by atoms with Gasteiger partial charge in [-0.1, -0.05) is 41.7 Å². The standard InChI is InChI=1S/C34H29N5O5S/c1-20-17-24(22(3)37(20)26-13-15-27(16-14-26)39(42)43)19-29-33(41)38-31(23-9-8-12-28(18-23)44-4)30(21(2)35-34(38)45-29)32(40)36-25-10-6-5-7-11-25/h5-19,31H,1-4H3,(H,36,40)/b29-19-/t31-/m0/s1. The van der Waals surface area contributed by atoms with Crippen LogP contribution in [0.15, 0.2) is 106 Å². The van der Waals surface area contributed by atoms with Gasteiger partial charge in [0.2, 0.25) is 0 Å². The highest BCUT2D eigenvalue weighted by Crippen LogP contribution is 2.32. The summed E-state index contributed by atoms with van der Waals surface area (Å²) in [5.74, 6) is 0.252. The minimum Gasteiger partial charge on any atom is -0.497 e. The van der Waals surface area contributed by atoms with E-state index in [0.717, 1.165) is 22.6 Å². The number of benzene rings is 3. The third kappa shape index (κ3) is 5.49. The van der Waals surface area contributed by atoms with Gasteiger partial charge in [0, 0.05) is 34.9 Å². The number of nitrogens with zero attached hydrogens (tertiary/aromatic N) is 4. The van der Waals surface area contributed by atoms with E-state index in [2.05, 4.69) is 5.32 Å². The smallest absolute Gasteiger partial charge is 0.271 e. The Morgan fingerprint density at radius 1 is 1.02 bits per heavy atom. The number of anilines is 1. The average Bonchev–Trinajstić information content (AvgIpc) is 3.49. The molecule has 0 spiro atoms. The van der Waals surface area contributed by atoms with Gasteiger partial charge in [-0.3, -0.25) is 24.3 Å². The molecule has 0 radical (unpaired) electrons. The van der Waals surface area contributed by atoms with E-state index in [0.29, 0.717) is 37.6 Å². The number of nitro benzene ring substituents is 1. The number of methoxy groups -OCH3 is 1. The Morgan fingerprint density at radius 2 is 1.76 bits per heavy atom. The van der Waals surface area contributed by atoms with E-state index in [1.54, 1.807) is 42.9 Å². The third-order valence-electron chi connectivity index (χ3n) is 7.78. The summed E-state index contributed by atoms with van der Waals surface area (Å²) in [6.07, 6.45) is 1.83. The molecule has 1 aliphatic rings. The van der Waals surface area contributed by atoms with Crippen LogP contribution in [-0.2, 0) is 4.79 Å². The molecular formula is C34H29N5O5S. The zero-order chi connectivity index (χ0) is 31.8. The molecule has 3 aromatic carbocycles. The lowest BCUT2D eigenvalue weighted by atomic mass is 9.95. The second-order valence-electron chi connectivity index (χ2n) is 10.6. The Bertz CT molecular complexity index is 2180. The van der Waals surface area contributed by atoms with Crippen molar-refractivity contribution in [1.82, 2.24) is 9.13 Å². The van der Waals surface area contributed by atoms with Crippen molar-refractivity contribution in [3.63, 3.8) is 0 Å². The molecule has 45 heavy (non-hydrogen) atoms. The van der Waals surface area contributed by atoms with E-state index >= 15 is 0 Å². The van der Waals surface area contributed by atoms with Crippen LogP contribution in [0.25, 0.3) is 11.8 Å². The quantitative estimate of drug-likeness (QED) is 0.198. The first-order valence-corrected chi connectivity index (χ1v) is 14.9. The molecule has 3 heterocycles. The van der Waals surface area contributed by atoms with E-state index in [9.17, 15) is 19.7 Å². The fourth-order valence-electron chi connectivity index (χ4n) is 5.65. The molecule has 6 rings (SSSR count). The lowest BCUT2D eigenvalue weighted by Gasteiger charge is -2.25. The Labute approximate surface area is 262 Å². The van der Waals surface area contributed by atoms with E-state index in [4.69, 9.17) is 9.73 Å². The molecule has 1 atom stereocenters. The molecule has 226 valence electrons. The first-order valence-electron chi connectivity index (χ1n) is 14.1. The van der Waals surface area contributed by atoms with Crippen LogP contribution in [0.2, 0.25) is 0 Å². The van der Waals surface area contributed by atoms with Crippen molar-refractivity contribution in [2.75, 3.05) is 12.4 Å². The Balaban J connectivity index is 1.48. The second kappa shape index (κ2) is 11.9. The average molecular weight is 620 g/mol. The normalized spacial score (nSPS) is 14.6. The molecule has 0 bridgehead atoms. The number of allylic oxidation sites excluding steroid dienone is 1. The van der Waals surface area contributed by atoms with Gasteiger partial charge in [-0.15, -0.1) is 0 Å². The molecule has 0 saturated carbocycles. The lowest BCUT2D eigenvalue weighted by molar-refractivity contribution is -0.384. The minimum atomic E-state index is -0.741. The van der Waals surface area contributed by atoms with Crippen LogP contribution in [0.5, 0.6) is 5.75 Å². The molecule has 0 aliphatic carbocycles. The van der Waals surface area contributed by atoms with Crippen LogP contribution in [-0.4, -0.2) is 27.1 Å².